The molecule has 0 bridgehead atoms. The smallest absolute Gasteiger partial charge is 0.324 e. The molecule has 3 heterocycles. The molecular weight excluding hydrogens is 402 g/mol. The molecule has 2 aliphatic heterocycles. The van der Waals surface area contributed by atoms with Crippen molar-refractivity contribution < 1.29 is 28.6 Å². The highest BCUT2D eigenvalue weighted by Crippen LogP contribution is 2.32. The maximum atomic E-state index is 12.5. The standard InChI is InChI=1S/C21H21N5O5/c1-28-17-5-3-2-4-16(17)24-8-10-25(11-9-24)26-13-20(31-23-26)22-21(27)15-6-7-18-19(12-15)30-14-29-18/h2-7,12-13H,8-11,14H2,1H3. The third kappa shape index (κ3) is 3.79. The van der Waals surface area contributed by atoms with Gasteiger partial charge in [-0.25, -0.2) is 4.99 Å². The van der Waals surface area contributed by atoms with Gasteiger partial charge >= 0.3 is 5.88 Å². The van der Waals surface area contributed by atoms with E-state index in [2.05, 4.69) is 21.2 Å². The van der Waals surface area contributed by atoms with Gasteiger partial charge in [0.1, 0.15) is 5.75 Å². The highest BCUT2D eigenvalue weighted by Gasteiger charge is 2.27. The molecule has 0 aliphatic carbocycles. The Morgan fingerprint density at radius 1 is 1.10 bits per heavy atom. The monoisotopic (exact) mass is 423 g/mol. The minimum Gasteiger partial charge on any atom is -0.858 e. The molecule has 0 saturated carbocycles. The number of benzene rings is 2. The molecule has 0 unspecified atom stereocenters. The van der Waals surface area contributed by atoms with Gasteiger partial charge in [0.25, 0.3) is 6.20 Å². The Morgan fingerprint density at radius 2 is 1.90 bits per heavy atom. The fourth-order valence-corrected chi connectivity index (χ4v) is 3.64. The van der Waals surface area contributed by atoms with Gasteiger partial charge in [-0.1, -0.05) is 18.2 Å². The van der Waals surface area contributed by atoms with Crippen molar-refractivity contribution in [2.75, 3.05) is 50.0 Å². The number of rotatable bonds is 5. The van der Waals surface area contributed by atoms with Gasteiger partial charge in [0.2, 0.25) is 12.1 Å². The van der Waals surface area contributed by atoms with Crippen LogP contribution in [0.5, 0.6) is 17.2 Å². The Labute approximate surface area is 178 Å². The number of aliphatic imine (C=N–C) groups is 1. The molecule has 0 atom stereocenters. The van der Waals surface area contributed by atoms with E-state index >= 15 is 0 Å². The quantitative estimate of drug-likeness (QED) is 0.334. The van der Waals surface area contributed by atoms with Crippen LogP contribution in [-0.2, 0) is 0 Å². The van der Waals surface area contributed by atoms with Crippen LogP contribution in [0.1, 0.15) is 5.56 Å². The number of anilines is 1. The summed E-state index contributed by atoms with van der Waals surface area (Å²) < 4.78 is 21.3. The highest BCUT2D eigenvalue weighted by atomic mass is 16.7. The predicted molar refractivity (Wildman–Crippen MR) is 109 cm³/mol. The Balaban J connectivity index is 1.25. The largest absolute Gasteiger partial charge is 0.858 e. The van der Waals surface area contributed by atoms with Crippen LogP contribution < -0.4 is 34.0 Å². The van der Waals surface area contributed by atoms with Crippen molar-refractivity contribution in [1.29, 1.82) is 0 Å². The summed E-state index contributed by atoms with van der Waals surface area (Å²) >= 11 is 0. The number of ether oxygens (including phenoxy) is 3. The van der Waals surface area contributed by atoms with Crippen LogP contribution in [-0.4, -0.2) is 51.3 Å². The number of piperazine rings is 1. The van der Waals surface area contributed by atoms with Crippen molar-refractivity contribution in [2.45, 2.75) is 0 Å². The second kappa shape index (κ2) is 8.05. The molecule has 5 rings (SSSR count). The Hall–Kier alpha value is -3.95. The zero-order valence-corrected chi connectivity index (χ0v) is 16.9. The SMILES string of the molecule is COc1ccccc1N1CCN([n+]2cc(N=C([O-])c3ccc4c(c3)OCO4)on2)CC1. The average molecular weight is 423 g/mol. The first-order valence-corrected chi connectivity index (χ1v) is 9.89. The van der Waals surface area contributed by atoms with Gasteiger partial charge in [0.05, 0.1) is 30.7 Å². The van der Waals surface area contributed by atoms with E-state index in [-0.39, 0.29) is 12.7 Å². The van der Waals surface area contributed by atoms with Crippen molar-refractivity contribution >= 4 is 17.5 Å². The molecule has 2 aromatic carbocycles. The Bertz CT molecular complexity index is 1110. The van der Waals surface area contributed by atoms with E-state index in [0.717, 1.165) is 37.6 Å². The molecule has 1 saturated heterocycles. The van der Waals surface area contributed by atoms with E-state index in [9.17, 15) is 5.11 Å². The summed E-state index contributed by atoms with van der Waals surface area (Å²) in [6, 6.07) is 12.9. The average Bonchev–Trinajstić information content (AvgIpc) is 3.48. The first-order valence-electron chi connectivity index (χ1n) is 9.89. The summed E-state index contributed by atoms with van der Waals surface area (Å²) in [5.74, 6) is 1.69. The van der Waals surface area contributed by atoms with Crippen molar-refractivity contribution in [2.24, 2.45) is 4.99 Å². The van der Waals surface area contributed by atoms with Gasteiger partial charge in [0.15, 0.2) is 11.5 Å². The minimum absolute atomic E-state index is 0.134. The first kappa shape index (κ1) is 19.0. The lowest BCUT2D eigenvalue weighted by molar-refractivity contribution is -0.758. The molecule has 0 spiro atoms. The number of aromatic nitrogens is 2. The number of fused-ring (bicyclic) bond motifs is 1. The van der Waals surface area contributed by atoms with Gasteiger partial charge in [-0.3, -0.25) is 4.52 Å². The van der Waals surface area contributed by atoms with Crippen LogP contribution in [0, 0.1) is 0 Å². The summed E-state index contributed by atoms with van der Waals surface area (Å²) in [7, 11) is 1.68. The summed E-state index contributed by atoms with van der Waals surface area (Å²) in [6.07, 6.45) is 1.60. The zero-order chi connectivity index (χ0) is 21.2. The molecule has 10 nitrogen and oxygen atoms in total. The molecular formula is C21H21N5O5. The van der Waals surface area contributed by atoms with Gasteiger partial charge in [0, 0.05) is 13.1 Å². The summed E-state index contributed by atoms with van der Waals surface area (Å²) in [6.45, 7) is 3.19. The van der Waals surface area contributed by atoms with Crippen LogP contribution in [0.15, 0.2) is 58.2 Å². The van der Waals surface area contributed by atoms with Gasteiger partial charge in [-0.2, -0.15) is 0 Å². The first-order chi connectivity index (χ1) is 15.2. The molecule has 0 N–H and O–H groups in total. The zero-order valence-electron chi connectivity index (χ0n) is 16.9. The van der Waals surface area contributed by atoms with E-state index in [1.165, 1.54) is 0 Å². The lowest BCUT2D eigenvalue weighted by Gasteiger charge is -2.32. The molecule has 3 aromatic rings. The molecule has 10 heteroatoms. The van der Waals surface area contributed by atoms with Crippen molar-refractivity contribution in [3.63, 3.8) is 0 Å². The molecule has 31 heavy (non-hydrogen) atoms. The third-order valence-corrected chi connectivity index (χ3v) is 5.25. The van der Waals surface area contributed by atoms with E-state index in [1.807, 2.05) is 23.2 Å². The maximum Gasteiger partial charge on any atom is 0.324 e. The van der Waals surface area contributed by atoms with E-state index in [4.69, 9.17) is 18.7 Å². The fourth-order valence-electron chi connectivity index (χ4n) is 3.64. The lowest BCUT2D eigenvalue weighted by atomic mass is 10.2. The van der Waals surface area contributed by atoms with E-state index in [0.29, 0.717) is 17.1 Å². The summed E-state index contributed by atoms with van der Waals surface area (Å²) in [5.41, 5.74) is 1.46. The molecule has 0 amide bonds. The van der Waals surface area contributed by atoms with Crippen molar-refractivity contribution in [3.8, 4) is 17.2 Å². The van der Waals surface area contributed by atoms with Crippen LogP contribution >= 0.6 is 0 Å². The maximum absolute atomic E-state index is 12.5. The van der Waals surface area contributed by atoms with Crippen LogP contribution in [0.25, 0.3) is 0 Å². The highest BCUT2D eigenvalue weighted by molar-refractivity contribution is 5.92. The number of methoxy groups -OCH3 is 1. The second-order valence-corrected chi connectivity index (χ2v) is 7.06. The Morgan fingerprint density at radius 3 is 2.74 bits per heavy atom. The minimum atomic E-state index is -0.442. The van der Waals surface area contributed by atoms with Gasteiger partial charge in [-0.15, -0.1) is 5.01 Å². The second-order valence-electron chi connectivity index (χ2n) is 7.06. The van der Waals surface area contributed by atoms with Crippen molar-refractivity contribution in [3.05, 3.63) is 54.2 Å². The molecule has 1 aromatic heterocycles. The number of para-hydroxylation sites is 2. The number of nitrogens with zero attached hydrogens (tertiary/aromatic N) is 5. The van der Waals surface area contributed by atoms with Crippen LogP contribution in [0.4, 0.5) is 11.6 Å². The fraction of sp³-hybridized carbons (Fsp3) is 0.286. The predicted octanol–water partition coefficient (Wildman–Crippen LogP) is 0.596. The summed E-state index contributed by atoms with van der Waals surface area (Å²) in [4.78, 5) is 7.87. The van der Waals surface area contributed by atoms with E-state index < -0.39 is 5.90 Å². The molecule has 1 fully saturated rings. The lowest BCUT2D eigenvalue weighted by Crippen LogP contribution is -2.65. The molecule has 2 aliphatic rings. The third-order valence-electron chi connectivity index (χ3n) is 5.25. The van der Waals surface area contributed by atoms with Crippen LogP contribution in [0.3, 0.4) is 0 Å². The van der Waals surface area contributed by atoms with Crippen LogP contribution in [0.2, 0.25) is 0 Å². The van der Waals surface area contributed by atoms with Gasteiger partial charge < -0.3 is 24.2 Å². The Kier molecular flexibility index (Phi) is 4.95. The number of hydrogen-bond donors (Lipinski definition) is 0. The topological polar surface area (TPSA) is 99.5 Å². The molecule has 160 valence electrons. The van der Waals surface area contributed by atoms with E-state index in [1.54, 1.807) is 36.3 Å². The normalized spacial score (nSPS) is 16.0. The van der Waals surface area contributed by atoms with Gasteiger partial charge in [-0.05, 0) is 35.7 Å². The molecule has 0 radical (unpaired) electrons. The number of hydrogen-bond acceptors (Lipinski definition) is 9. The summed E-state index contributed by atoms with van der Waals surface area (Å²) in [5, 5.41) is 18.5. The van der Waals surface area contributed by atoms with Crippen molar-refractivity contribution in [1.82, 2.24) is 5.27 Å².